The molecule has 0 saturated heterocycles. The fourth-order valence-corrected chi connectivity index (χ4v) is 1.72. The average molecular weight is 226 g/mol. The van der Waals surface area contributed by atoms with Crippen LogP contribution in [0.2, 0.25) is 5.02 Å². The normalized spacial score (nSPS) is 12.3. The Labute approximate surface area is 95.8 Å². The third-order valence-electron chi connectivity index (χ3n) is 2.28. The van der Waals surface area contributed by atoms with E-state index in [0.29, 0.717) is 5.02 Å². The SMILES string of the molecule is C=CCN(C)c1ccc(C(C)O)c(Cl)c1. The van der Waals surface area contributed by atoms with Gasteiger partial charge >= 0.3 is 0 Å². The molecule has 1 rings (SSSR count). The van der Waals surface area contributed by atoms with Gasteiger partial charge in [0.2, 0.25) is 0 Å². The van der Waals surface area contributed by atoms with Gasteiger partial charge in [-0.3, -0.25) is 0 Å². The standard InChI is InChI=1S/C12H16ClNO/c1-4-7-14(3)10-5-6-11(9(2)15)12(13)8-10/h4-6,8-9,15H,1,7H2,2-3H3. The molecule has 0 radical (unpaired) electrons. The van der Waals surface area contributed by atoms with Crippen LogP contribution in [-0.2, 0) is 0 Å². The summed E-state index contributed by atoms with van der Waals surface area (Å²) in [6.45, 7) is 6.15. The minimum atomic E-state index is -0.531. The third-order valence-corrected chi connectivity index (χ3v) is 2.61. The van der Waals surface area contributed by atoms with Crippen molar-refractivity contribution in [1.82, 2.24) is 0 Å². The fourth-order valence-electron chi connectivity index (χ4n) is 1.39. The molecule has 15 heavy (non-hydrogen) atoms. The monoisotopic (exact) mass is 225 g/mol. The van der Waals surface area contributed by atoms with E-state index in [1.54, 1.807) is 6.92 Å². The van der Waals surface area contributed by atoms with Crippen LogP contribution in [0.4, 0.5) is 5.69 Å². The topological polar surface area (TPSA) is 23.5 Å². The molecule has 0 aliphatic carbocycles. The molecule has 0 amide bonds. The van der Waals surface area contributed by atoms with Crippen molar-refractivity contribution < 1.29 is 5.11 Å². The summed E-state index contributed by atoms with van der Waals surface area (Å²) in [5.41, 5.74) is 1.77. The molecular weight excluding hydrogens is 210 g/mol. The van der Waals surface area contributed by atoms with E-state index in [0.717, 1.165) is 17.8 Å². The van der Waals surface area contributed by atoms with Gasteiger partial charge in [-0.1, -0.05) is 23.7 Å². The van der Waals surface area contributed by atoms with Crippen LogP contribution in [0.3, 0.4) is 0 Å². The van der Waals surface area contributed by atoms with E-state index in [9.17, 15) is 5.11 Å². The van der Waals surface area contributed by atoms with Crippen LogP contribution < -0.4 is 4.90 Å². The molecular formula is C12H16ClNO. The van der Waals surface area contributed by atoms with Crippen LogP contribution >= 0.6 is 11.6 Å². The Morgan fingerprint density at radius 1 is 1.60 bits per heavy atom. The van der Waals surface area contributed by atoms with E-state index in [1.807, 2.05) is 36.2 Å². The molecule has 0 fully saturated rings. The van der Waals surface area contributed by atoms with Gasteiger partial charge in [0.15, 0.2) is 0 Å². The smallest absolute Gasteiger partial charge is 0.0776 e. The van der Waals surface area contributed by atoms with E-state index in [1.165, 1.54) is 0 Å². The fraction of sp³-hybridized carbons (Fsp3) is 0.333. The Morgan fingerprint density at radius 3 is 2.73 bits per heavy atom. The molecule has 82 valence electrons. The zero-order valence-corrected chi connectivity index (χ0v) is 9.83. The Hall–Kier alpha value is -0.990. The predicted molar refractivity (Wildman–Crippen MR) is 65.6 cm³/mol. The summed E-state index contributed by atoms with van der Waals surface area (Å²) in [4.78, 5) is 2.03. The summed E-state index contributed by atoms with van der Waals surface area (Å²) in [6.07, 6.45) is 1.30. The molecule has 0 bridgehead atoms. The highest BCUT2D eigenvalue weighted by Crippen LogP contribution is 2.27. The highest BCUT2D eigenvalue weighted by Gasteiger charge is 2.08. The van der Waals surface area contributed by atoms with Gasteiger partial charge in [0.05, 0.1) is 6.10 Å². The molecule has 0 aliphatic heterocycles. The molecule has 1 aromatic rings. The maximum Gasteiger partial charge on any atom is 0.0776 e. The number of benzene rings is 1. The van der Waals surface area contributed by atoms with Gasteiger partial charge in [0.25, 0.3) is 0 Å². The second kappa shape index (κ2) is 5.19. The van der Waals surface area contributed by atoms with Crippen molar-refractivity contribution in [3.05, 3.63) is 41.4 Å². The molecule has 3 heteroatoms. The highest BCUT2D eigenvalue weighted by molar-refractivity contribution is 6.31. The zero-order valence-electron chi connectivity index (χ0n) is 9.07. The lowest BCUT2D eigenvalue weighted by Crippen LogP contribution is -2.16. The van der Waals surface area contributed by atoms with Crippen LogP contribution in [0.5, 0.6) is 0 Å². The molecule has 0 heterocycles. The number of aliphatic hydroxyl groups excluding tert-OH is 1. The molecule has 0 spiro atoms. The number of halogens is 1. The van der Waals surface area contributed by atoms with Crippen molar-refractivity contribution in [1.29, 1.82) is 0 Å². The van der Waals surface area contributed by atoms with Crippen LogP contribution in [0, 0.1) is 0 Å². The second-order valence-electron chi connectivity index (χ2n) is 3.55. The molecule has 1 aromatic carbocycles. The largest absolute Gasteiger partial charge is 0.389 e. The molecule has 1 atom stereocenters. The van der Waals surface area contributed by atoms with Gasteiger partial charge in [-0.2, -0.15) is 0 Å². The minimum absolute atomic E-state index is 0.531. The number of anilines is 1. The van der Waals surface area contributed by atoms with Crippen molar-refractivity contribution >= 4 is 17.3 Å². The van der Waals surface area contributed by atoms with E-state index in [4.69, 9.17) is 11.6 Å². The summed E-state index contributed by atoms with van der Waals surface area (Å²) < 4.78 is 0. The Balaban J connectivity index is 2.95. The van der Waals surface area contributed by atoms with Crippen LogP contribution in [-0.4, -0.2) is 18.7 Å². The Morgan fingerprint density at radius 2 is 2.27 bits per heavy atom. The maximum atomic E-state index is 9.42. The van der Waals surface area contributed by atoms with Gasteiger partial charge in [-0.15, -0.1) is 6.58 Å². The lowest BCUT2D eigenvalue weighted by molar-refractivity contribution is 0.199. The molecule has 2 nitrogen and oxygen atoms in total. The number of aliphatic hydroxyl groups is 1. The van der Waals surface area contributed by atoms with Crippen LogP contribution in [0.15, 0.2) is 30.9 Å². The van der Waals surface area contributed by atoms with Gasteiger partial charge in [-0.05, 0) is 24.6 Å². The molecule has 1 N–H and O–H groups in total. The summed E-state index contributed by atoms with van der Waals surface area (Å²) in [5.74, 6) is 0. The number of hydrogen-bond acceptors (Lipinski definition) is 2. The molecule has 1 unspecified atom stereocenters. The van der Waals surface area contributed by atoms with Gasteiger partial charge in [0.1, 0.15) is 0 Å². The zero-order chi connectivity index (χ0) is 11.4. The van der Waals surface area contributed by atoms with Gasteiger partial charge in [-0.25, -0.2) is 0 Å². The van der Waals surface area contributed by atoms with E-state index in [-0.39, 0.29) is 0 Å². The summed E-state index contributed by atoms with van der Waals surface area (Å²) >= 11 is 6.06. The molecule has 0 aliphatic rings. The van der Waals surface area contributed by atoms with Crippen molar-refractivity contribution in [3.8, 4) is 0 Å². The third kappa shape index (κ3) is 2.98. The summed E-state index contributed by atoms with van der Waals surface area (Å²) in [6, 6.07) is 5.65. The van der Waals surface area contributed by atoms with Crippen molar-refractivity contribution in [2.75, 3.05) is 18.5 Å². The first-order chi connectivity index (χ1) is 7.06. The quantitative estimate of drug-likeness (QED) is 0.797. The van der Waals surface area contributed by atoms with Gasteiger partial charge < -0.3 is 10.0 Å². The Bertz CT molecular complexity index is 349. The highest BCUT2D eigenvalue weighted by atomic mass is 35.5. The number of likely N-dealkylation sites (N-methyl/N-ethyl adjacent to an activating group) is 1. The van der Waals surface area contributed by atoms with Crippen LogP contribution in [0.25, 0.3) is 0 Å². The summed E-state index contributed by atoms with van der Waals surface area (Å²) in [5, 5.41) is 10.0. The minimum Gasteiger partial charge on any atom is -0.389 e. The average Bonchev–Trinajstić information content (AvgIpc) is 2.17. The lowest BCUT2D eigenvalue weighted by atomic mass is 10.1. The number of rotatable bonds is 4. The van der Waals surface area contributed by atoms with Gasteiger partial charge in [0, 0.05) is 24.3 Å². The van der Waals surface area contributed by atoms with Crippen molar-refractivity contribution in [2.45, 2.75) is 13.0 Å². The van der Waals surface area contributed by atoms with Crippen molar-refractivity contribution in [2.24, 2.45) is 0 Å². The number of hydrogen-bond donors (Lipinski definition) is 1. The summed E-state index contributed by atoms with van der Waals surface area (Å²) in [7, 11) is 1.97. The lowest BCUT2D eigenvalue weighted by Gasteiger charge is -2.18. The van der Waals surface area contributed by atoms with Crippen LogP contribution in [0.1, 0.15) is 18.6 Å². The van der Waals surface area contributed by atoms with Crippen molar-refractivity contribution in [3.63, 3.8) is 0 Å². The first-order valence-corrected chi connectivity index (χ1v) is 5.23. The molecule has 0 aromatic heterocycles. The van der Waals surface area contributed by atoms with E-state index in [2.05, 4.69) is 6.58 Å². The second-order valence-corrected chi connectivity index (χ2v) is 3.96. The molecule has 0 saturated carbocycles. The maximum absolute atomic E-state index is 9.42. The first-order valence-electron chi connectivity index (χ1n) is 4.85. The van der Waals surface area contributed by atoms with E-state index < -0.39 is 6.10 Å². The Kier molecular flexibility index (Phi) is 4.18. The predicted octanol–water partition coefficient (Wildman–Crippen LogP) is 3.02. The first kappa shape index (κ1) is 12.1. The van der Waals surface area contributed by atoms with E-state index >= 15 is 0 Å². The number of nitrogens with zero attached hydrogens (tertiary/aromatic N) is 1.